The molecule has 0 aliphatic rings. The Bertz CT molecular complexity index is 824. The van der Waals surface area contributed by atoms with Crippen LogP contribution in [0.1, 0.15) is 21.5 Å². The Morgan fingerprint density at radius 2 is 1.86 bits per heavy atom. The minimum absolute atomic E-state index is 0.104. The lowest BCUT2D eigenvalue weighted by atomic mass is 10.1. The molecule has 1 heterocycles. The summed E-state index contributed by atoms with van der Waals surface area (Å²) in [5.74, 6) is -0.104. The van der Waals surface area contributed by atoms with Crippen molar-refractivity contribution < 1.29 is 4.79 Å². The molecule has 1 aromatic heterocycles. The summed E-state index contributed by atoms with van der Waals surface area (Å²) < 4.78 is 0. The van der Waals surface area contributed by atoms with Crippen LogP contribution in [-0.2, 0) is 0 Å². The first kappa shape index (κ1) is 13.3. The average Bonchev–Trinajstić information content (AvgIpc) is 2.48. The lowest BCUT2D eigenvalue weighted by Gasteiger charge is -2.10. The SMILES string of the molecule is Cc1cccc(C(=O)Nc2ccnc3c(C)cccc23)c1. The number of aryl methyl sites for hydroxylation is 2. The lowest BCUT2D eigenvalue weighted by molar-refractivity contribution is 0.102. The van der Waals surface area contributed by atoms with E-state index in [4.69, 9.17) is 0 Å². The number of carbonyl (C=O) groups excluding carboxylic acids is 1. The summed E-state index contributed by atoms with van der Waals surface area (Å²) >= 11 is 0. The number of hydrogen-bond acceptors (Lipinski definition) is 2. The van der Waals surface area contributed by atoms with E-state index >= 15 is 0 Å². The molecule has 0 saturated heterocycles. The number of nitrogens with one attached hydrogen (secondary N) is 1. The minimum atomic E-state index is -0.104. The molecule has 21 heavy (non-hydrogen) atoms. The predicted octanol–water partition coefficient (Wildman–Crippen LogP) is 4.10. The second-order valence-corrected chi connectivity index (χ2v) is 5.15. The van der Waals surface area contributed by atoms with Crippen LogP contribution >= 0.6 is 0 Å². The molecule has 0 saturated carbocycles. The number of amides is 1. The summed E-state index contributed by atoms with van der Waals surface area (Å²) in [5.41, 5.74) is 4.53. The van der Waals surface area contributed by atoms with E-state index in [0.717, 1.165) is 27.7 Å². The van der Waals surface area contributed by atoms with Crippen molar-refractivity contribution in [3.05, 3.63) is 71.4 Å². The number of anilines is 1. The summed E-state index contributed by atoms with van der Waals surface area (Å²) in [6.07, 6.45) is 1.72. The Hall–Kier alpha value is -2.68. The van der Waals surface area contributed by atoms with E-state index in [-0.39, 0.29) is 5.91 Å². The molecule has 3 nitrogen and oxygen atoms in total. The van der Waals surface area contributed by atoms with Crippen molar-refractivity contribution in [1.29, 1.82) is 0 Å². The van der Waals surface area contributed by atoms with Gasteiger partial charge in [0.2, 0.25) is 0 Å². The number of nitrogens with zero attached hydrogens (tertiary/aromatic N) is 1. The molecule has 3 rings (SSSR count). The molecule has 3 heteroatoms. The fourth-order valence-corrected chi connectivity index (χ4v) is 2.41. The molecule has 104 valence electrons. The molecule has 0 spiro atoms. The second-order valence-electron chi connectivity index (χ2n) is 5.15. The van der Waals surface area contributed by atoms with Gasteiger partial charge in [0.1, 0.15) is 0 Å². The van der Waals surface area contributed by atoms with Gasteiger partial charge in [-0.15, -0.1) is 0 Å². The van der Waals surface area contributed by atoms with Crippen LogP contribution < -0.4 is 5.32 Å². The summed E-state index contributed by atoms with van der Waals surface area (Å²) in [6.45, 7) is 3.99. The van der Waals surface area contributed by atoms with Crippen LogP contribution in [0.25, 0.3) is 10.9 Å². The van der Waals surface area contributed by atoms with Gasteiger partial charge in [0.05, 0.1) is 11.2 Å². The van der Waals surface area contributed by atoms with Gasteiger partial charge in [0.25, 0.3) is 5.91 Å². The smallest absolute Gasteiger partial charge is 0.255 e. The highest BCUT2D eigenvalue weighted by atomic mass is 16.1. The van der Waals surface area contributed by atoms with Crippen molar-refractivity contribution in [2.45, 2.75) is 13.8 Å². The Balaban J connectivity index is 1.99. The third-order valence-electron chi connectivity index (χ3n) is 3.50. The van der Waals surface area contributed by atoms with Crippen LogP contribution in [0.15, 0.2) is 54.7 Å². The standard InChI is InChI=1S/C18H16N2O/c1-12-5-3-7-14(11-12)18(21)20-16-9-10-19-17-13(2)6-4-8-15(16)17/h3-11H,1-2H3,(H,19,20,21). The quantitative estimate of drug-likeness (QED) is 0.765. The maximum atomic E-state index is 12.4. The van der Waals surface area contributed by atoms with Gasteiger partial charge < -0.3 is 5.32 Å². The van der Waals surface area contributed by atoms with Crippen molar-refractivity contribution >= 4 is 22.5 Å². The monoisotopic (exact) mass is 276 g/mol. The maximum Gasteiger partial charge on any atom is 0.255 e. The lowest BCUT2D eigenvalue weighted by Crippen LogP contribution is -2.12. The topological polar surface area (TPSA) is 42.0 Å². The molecule has 0 atom stereocenters. The van der Waals surface area contributed by atoms with E-state index in [1.165, 1.54) is 0 Å². The van der Waals surface area contributed by atoms with Gasteiger partial charge in [0.15, 0.2) is 0 Å². The normalized spacial score (nSPS) is 10.6. The molecular weight excluding hydrogens is 260 g/mol. The molecule has 0 aliphatic carbocycles. The number of hydrogen-bond donors (Lipinski definition) is 1. The van der Waals surface area contributed by atoms with E-state index in [1.54, 1.807) is 6.20 Å². The predicted molar refractivity (Wildman–Crippen MR) is 85.6 cm³/mol. The highest BCUT2D eigenvalue weighted by Gasteiger charge is 2.09. The first-order valence-corrected chi connectivity index (χ1v) is 6.87. The Labute approximate surface area is 123 Å². The summed E-state index contributed by atoms with van der Waals surface area (Å²) in [5, 5.41) is 3.93. The molecule has 3 aromatic rings. The molecule has 1 N–H and O–H groups in total. The highest BCUT2D eigenvalue weighted by molar-refractivity contribution is 6.08. The van der Waals surface area contributed by atoms with Crippen LogP contribution in [0.4, 0.5) is 5.69 Å². The highest BCUT2D eigenvalue weighted by Crippen LogP contribution is 2.24. The fourth-order valence-electron chi connectivity index (χ4n) is 2.41. The molecular formula is C18H16N2O. The van der Waals surface area contributed by atoms with Crippen molar-refractivity contribution in [3.8, 4) is 0 Å². The third kappa shape index (κ3) is 2.63. The summed E-state index contributed by atoms with van der Waals surface area (Å²) in [6, 6.07) is 15.3. The van der Waals surface area contributed by atoms with Crippen LogP contribution in [0.2, 0.25) is 0 Å². The van der Waals surface area contributed by atoms with E-state index in [1.807, 2.05) is 62.4 Å². The minimum Gasteiger partial charge on any atom is -0.321 e. The second kappa shape index (κ2) is 5.37. The number of carbonyl (C=O) groups is 1. The Morgan fingerprint density at radius 1 is 1.05 bits per heavy atom. The van der Waals surface area contributed by atoms with Gasteiger partial charge in [-0.05, 0) is 37.6 Å². The van der Waals surface area contributed by atoms with E-state index < -0.39 is 0 Å². The number of benzene rings is 2. The molecule has 0 aliphatic heterocycles. The number of fused-ring (bicyclic) bond motifs is 1. The third-order valence-corrected chi connectivity index (χ3v) is 3.50. The van der Waals surface area contributed by atoms with Crippen molar-refractivity contribution in [3.63, 3.8) is 0 Å². The largest absolute Gasteiger partial charge is 0.321 e. The van der Waals surface area contributed by atoms with E-state index in [2.05, 4.69) is 10.3 Å². The van der Waals surface area contributed by atoms with Crippen molar-refractivity contribution in [2.24, 2.45) is 0 Å². The van der Waals surface area contributed by atoms with Gasteiger partial charge in [-0.2, -0.15) is 0 Å². The van der Waals surface area contributed by atoms with Crippen molar-refractivity contribution in [2.75, 3.05) is 5.32 Å². The fraction of sp³-hybridized carbons (Fsp3) is 0.111. The zero-order chi connectivity index (χ0) is 14.8. The molecule has 2 aromatic carbocycles. The first-order valence-electron chi connectivity index (χ1n) is 6.87. The number of para-hydroxylation sites is 1. The maximum absolute atomic E-state index is 12.4. The summed E-state index contributed by atoms with van der Waals surface area (Å²) in [4.78, 5) is 16.7. The van der Waals surface area contributed by atoms with Crippen LogP contribution in [0.3, 0.4) is 0 Å². The average molecular weight is 276 g/mol. The number of rotatable bonds is 2. The molecule has 0 bridgehead atoms. The Kier molecular flexibility index (Phi) is 3.40. The molecule has 0 unspecified atom stereocenters. The first-order chi connectivity index (χ1) is 10.1. The Morgan fingerprint density at radius 3 is 2.67 bits per heavy atom. The zero-order valence-electron chi connectivity index (χ0n) is 12.1. The number of pyridine rings is 1. The van der Waals surface area contributed by atoms with Gasteiger partial charge in [0, 0.05) is 17.1 Å². The van der Waals surface area contributed by atoms with Gasteiger partial charge >= 0.3 is 0 Å². The van der Waals surface area contributed by atoms with Crippen LogP contribution in [0, 0.1) is 13.8 Å². The number of aromatic nitrogens is 1. The molecule has 1 amide bonds. The van der Waals surface area contributed by atoms with Gasteiger partial charge in [-0.25, -0.2) is 0 Å². The van der Waals surface area contributed by atoms with Gasteiger partial charge in [-0.1, -0.05) is 35.9 Å². The van der Waals surface area contributed by atoms with Gasteiger partial charge in [-0.3, -0.25) is 9.78 Å². The zero-order valence-corrected chi connectivity index (χ0v) is 12.1. The summed E-state index contributed by atoms with van der Waals surface area (Å²) in [7, 11) is 0. The van der Waals surface area contributed by atoms with E-state index in [0.29, 0.717) is 5.56 Å². The molecule has 0 radical (unpaired) electrons. The van der Waals surface area contributed by atoms with Crippen LogP contribution in [0.5, 0.6) is 0 Å². The van der Waals surface area contributed by atoms with Crippen LogP contribution in [-0.4, -0.2) is 10.9 Å². The molecule has 0 fully saturated rings. The van der Waals surface area contributed by atoms with E-state index in [9.17, 15) is 4.79 Å². The van der Waals surface area contributed by atoms with Crippen molar-refractivity contribution in [1.82, 2.24) is 4.98 Å².